The van der Waals surface area contributed by atoms with Crippen LogP contribution in [0.1, 0.15) is 13.8 Å². The molecule has 1 amide bonds. The van der Waals surface area contributed by atoms with Crippen LogP contribution >= 0.6 is 0 Å². The fourth-order valence-corrected chi connectivity index (χ4v) is 5.15. The number of ether oxygens (including phenoxy) is 2. The van der Waals surface area contributed by atoms with Crippen molar-refractivity contribution in [1.29, 1.82) is 0 Å². The zero-order valence-electron chi connectivity index (χ0n) is 11.6. The molecule has 0 spiro atoms. The molecule has 9 nitrogen and oxygen atoms in total. The fraction of sp³-hybridized carbons (Fsp3) is 0.727. The molecule has 2 aliphatic heterocycles. The molecule has 0 unspecified atom stereocenters. The average molecular weight is 321 g/mol. The van der Waals surface area contributed by atoms with Crippen LogP contribution in [-0.4, -0.2) is 72.3 Å². The van der Waals surface area contributed by atoms with Crippen LogP contribution in [0, 0.1) is 0 Å². The second-order valence-electron chi connectivity index (χ2n) is 5.17. The number of fused-ring (bicyclic) bond motifs is 1. The molecule has 0 saturated carbocycles. The minimum absolute atomic E-state index is 0.641. The molecule has 2 aliphatic rings. The van der Waals surface area contributed by atoms with E-state index in [1.54, 1.807) is 0 Å². The van der Waals surface area contributed by atoms with Gasteiger partial charge in [0.15, 0.2) is 27.4 Å². The maximum Gasteiger partial charge on any atom is 0.328 e. The van der Waals surface area contributed by atoms with Gasteiger partial charge in [0.05, 0.1) is 0 Å². The number of carbonyl (C=O) groups excluding carboxylic acids is 2. The molecule has 118 valence electrons. The summed E-state index contributed by atoms with van der Waals surface area (Å²) in [5.41, 5.74) is 0. The predicted molar refractivity (Wildman–Crippen MR) is 66.8 cm³/mol. The van der Waals surface area contributed by atoms with E-state index in [9.17, 15) is 27.9 Å². The standard InChI is InChI=1S/C11H15NO8S/c1-5(13)20-4-11(2)7(10(15)16)12-8(14)6(19-3)9(12)21(11,17)18/h6-7,9H,4H2,1-3H3,(H,15,16)/t6-,7-,9-,11+/m0/s1. The van der Waals surface area contributed by atoms with Gasteiger partial charge in [0.1, 0.15) is 11.4 Å². The van der Waals surface area contributed by atoms with Crippen molar-refractivity contribution in [3.8, 4) is 0 Å². The van der Waals surface area contributed by atoms with Crippen LogP contribution in [0.2, 0.25) is 0 Å². The Labute approximate surface area is 120 Å². The fourth-order valence-electron chi connectivity index (χ4n) is 2.77. The minimum atomic E-state index is -4.09. The predicted octanol–water partition coefficient (Wildman–Crippen LogP) is -1.63. The van der Waals surface area contributed by atoms with Crippen molar-refractivity contribution in [3.63, 3.8) is 0 Å². The Balaban J connectivity index is 2.50. The SMILES string of the molecule is CO[C@H]1C(=O)N2[C@@H](C(=O)O)[C@@](C)(COC(C)=O)S(=O)(=O)[C@@H]12. The number of hydrogen-bond acceptors (Lipinski definition) is 7. The molecule has 0 aromatic heterocycles. The normalized spacial score (nSPS) is 36.8. The third-order valence-corrected chi connectivity index (χ3v) is 6.66. The zero-order valence-corrected chi connectivity index (χ0v) is 12.4. The smallest absolute Gasteiger partial charge is 0.328 e. The first-order valence-corrected chi connectivity index (χ1v) is 7.59. The summed E-state index contributed by atoms with van der Waals surface area (Å²) in [6.45, 7) is 1.60. The van der Waals surface area contributed by atoms with Gasteiger partial charge in [-0.05, 0) is 6.92 Å². The van der Waals surface area contributed by atoms with Gasteiger partial charge in [0.2, 0.25) is 0 Å². The van der Waals surface area contributed by atoms with Crippen molar-refractivity contribution in [1.82, 2.24) is 4.90 Å². The molecule has 0 aliphatic carbocycles. The number of hydrogen-bond donors (Lipinski definition) is 1. The molecule has 2 heterocycles. The summed E-state index contributed by atoms with van der Waals surface area (Å²) in [7, 11) is -2.92. The van der Waals surface area contributed by atoms with E-state index >= 15 is 0 Å². The number of methoxy groups -OCH3 is 1. The highest BCUT2D eigenvalue weighted by molar-refractivity contribution is 7.94. The zero-order chi connectivity index (χ0) is 16.2. The average Bonchev–Trinajstić information content (AvgIpc) is 2.52. The molecule has 4 atom stereocenters. The number of rotatable bonds is 4. The number of carboxylic acids is 1. The number of carbonyl (C=O) groups is 3. The number of carboxylic acid groups (broad SMARTS) is 1. The maximum absolute atomic E-state index is 12.6. The molecule has 0 aromatic rings. The highest BCUT2D eigenvalue weighted by Gasteiger charge is 2.74. The lowest BCUT2D eigenvalue weighted by atomic mass is 9.96. The van der Waals surface area contributed by atoms with Gasteiger partial charge < -0.3 is 19.5 Å². The minimum Gasteiger partial charge on any atom is -0.480 e. The second-order valence-corrected chi connectivity index (χ2v) is 7.68. The monoisotopic (exact) mass is 321 g/mol. The van der Waals surface area contributed by atoms with Crippen LogP contribution in [0.15, 0.2) is 0 Å². The van der Waals surface area contributed by atoms with Crippen molar-refractivity contribution < 1.29 is 37.4 Å². The Hall–Kier alpha value is -1.68. The summed E-state index contributed by atoms with van der Waals surface area (Å²) in [4.78, 5) is 35.0. The van der Waals surface area contributed by atoms with Crippen LogP contribution in [0.5, 0.6) is 0 Å². The first-order valence-electron chi connectivity index (χ1n) is 6.04. The van der Waals surface area contributed by atoms with Crippen LogP contribution < -0.4 is 0 Å². The highest BCUT2D eigenvalue weighted by atomic mass is 32.2. The van der Waals surface area contributed by atoms with Gasteiger partial charge >= 0.3 is 11.9 Å². The molecule has 0 aromatic carbocycles. The molecular weight excluding hydrogens is 306 g/mol. The molecule has 0 radical (unpaired) electrons. The summed E-state index contributed by atoms with van der Waals surface area (Å²) in [6, 6.07) is -1.62. The van der Waals surface area contributed by atoms with Gasteiger partial charge in [-0.1, -0.05) is 0 Å². The Bertz CT molecular complexity index is 614. The third-order valence-electron chi connectivity index (χ3n) is 3.91. The van der Waals surface area contributed by atoms with E-state index in [1.165, 1.54) is 7.11 Å². The summed E-state index contributed by atoms with van der Waals surface area (Å²) in [5, 5.41) is 7.94. The number of aliphatic carboxylic acids is 1. The van der Waals surface area contributed by atoms with Crippen LogP contribution in [0.4, 0.5) is 0 Å². The number of nitrogens with zero attached hydrogens (tertiary/aromatic N) is 1. The molecule has 2 saturated heterocycles. The van der Waals surface area contributed by atoms with Gasteiger partial charge in [-0.25, -0.2) is 13.2 Å². The van der Waals surface area contributed by atoms with Crippen molar-refractivity contribution in [3.05, 3.63) is 0 Å². The van der Waals surface area contributed by atoms with Crippen LogP contribution in [0.3, 0.4) is 0 Å². The van der Waals surface area contributed by atoms with Gasteiger partial charge in [-0.2, -0.15) is 0 Å². The molecule has 1 N–H and O–H groups in total. The maximum atomic E-state index is 12.6. The van der Waals surface area contributed by atoms with Gasteiger partial charge in [0, 0.05) is 14.0 Å². The summed E-state index contributed by atoms with van der Waals surface area (Å²) in [6.07, 6.45) is -1.23. The molecular formula is C11H15NO8S. The topological polar surface area (TPSA) is 127 Å². The Kier molecular flexibility index (Phi) is 3.49. The van der Waals surface area contributed by atoms with Crippen molar-refractivity contribution >= 4 is 27.7 Å². The second kappa shape index (κ2) is 4.67. The van der Waals surface area contributed by atoms with Crippen LogP contribution in [-0.2, 0) is 33.7 Å². The van der Waals surface area contributed by atoms with E-state index < -0.39 is 56.6 Å². The lowest BCUT2D eigenvalue weighted by Gasteiger charge is -2.41. The summed E-state index contributed by atoms with van der Waals surface area (Å²) in [5.74, 6) is -2.91. The lowest BCUT2D eigenvalue weighted by molar-refractivity contribution is -0.173. The lowest BCUT2D eigenvalue weighted by Crippen LogP contribution is -2.67. The van der Waals surface area contributed by atoms with Gasteiger partial charge in [-0.3, -0.25) is 9.59 Å². The summed E-state index contributed by atoms with van der Waals surface area (Å²) < 4.78 is 32.8. The first-order chi connectivity index (χ1) is 9.59. The van der Waals surface area contributed by atoms with E-state index in [4.69, 9.17) is 9.47 Å². The largest absolute Gasteiger partial charge is 0.480 e. The van der Waals surface area contributed by atoms with Crippen molar-refractivity contribution in [2.75, 3.05) is 13.7 Å². The van der Waals surface area contributed by atoms with Crippen molar-refractivity contribution in [2.24, 2.45) is 0 Å². The Morgan fingerprint density at radius 1 is 1.43 bits per heavy atom. The molecule has 2 rings (SSSR count). The van der Waals surface area contributed by atoms with E-state index in [0.717, 1.165) is 18.7 Å². The quantitative estimate of drug-likeness (QED) is 0.483. The number of amides is 1. The summed E-state index contributed by atoms with van der Waals surface area (Å²) >= 11 is 0. The highest BCUT2D eigenvalue weighted by Crippen LogP contribution is 2.47. The van der Waals surface area contributed by atoms with E-state index in [2.05, 4.69) is 0 Å². The Morgan fingerprint density at radius 3 is 2.43 bits per heavy atom. The molecule has 2 fully saturated rings. The van der Waals surface area contributed by atoms with Gasteiger partial charge in [0.25, 0.3) is 5.91 Å². The van der Waals surface area contributed by atoms with Crippen molar-refractivity contribution in [2.45, 2.75) is 36.1 Å². The van der Waals surface area contributed by atoms with Gasteiger partial charge in [-0.15, -0.1) is 0 Å². The first kappa shape index (κ1) is 15.7. The molecule has 0 bridgehead atoms. The van der Waals surface area contributed by atoms with E-state index in [0.29, 0.717) is 0 Å². The van der Waals surface area contributed by atoms with Crippen LogP contribution in [0.25, 0.3) is 0 Å². The van der Waals surface area contributed by atoms with E-state index in [-0.39, 0.29) is 0 Å². The number of esters is 1. The van der Waals surface area contributed by atoms with E-state index in [1.807, 2.05) is 0 Å². The third kappa shape index (κ3) is 1.85. The number of sulfone groups is 1. The number of β-lactam (4-membered cyclic amide) rings is 1. The molecule has 10 heteroatoms. The Morgan fingerprint density at radius 2 is 2.00 bits per heavy atom. The molecule has 21 heavy (non-hydrogen) atoms.